The first-order valence-electron chi connectivity index (χ1n) is 9.83. The minimum absolute atomic E-state index is 0.140. The van der Waals surface area contributed by atoms with Gasteiger partial charge in [0.25, 0.3) is 0 Å². The van der Waals surface area contributed by atoms with Crippen molar-refractivity contribution < 1.29 is 22.8 Å². The van der Waals surface area contributed by atoms with Gasteiger partial charge in [0.1, 0.15) is 0 Å². The van der Waals surface area contributed by atoms with E-state index in [0.29, 0.717) is 11.3 Å². The van der Waals surface area contributed by atoms with Crippen molar-refractivity contribution in [3.63, 3.8) is 0 Å². The molecule has 3 rings (SSSR count). The molecule has 170 valence electrons. The van der Waals surface area contributed by atoms with Crippen LogP contribution < -0.4 is 5.32 Å². The third-order valence-electron chi connectivity index (χ3n) is 5.20. The standard InChI is InChI=1S/C21H23F3N6O2/c1-12-5-7-15(8-6-12)18-17(29(4)14(3)31)11-30(28-18)20(32)27-13(2)16-9-25-19(26-10-16)21(22,23)24/h5-10,13,17H,11H2,1-4H3,(H,27,32)/t13?,17-/m0/s1. The van der Waals surface area contributed by atoms with Crippen LogP contribution in [0.5, 0.6) is 0 Å². The summed E-state index contributed by atoms with van der Waals surface area (Å²) in [6.07, 6.45) is -2.59. The van der Waals surface area contributed by atoms with Gasteiger partial charge < -0.3 is 10.2 Å². The van der Waals surface area contributed by atoms with Crippen LogP contribution in [-0.4, -0.2) is 57.2 Å². The summed E-state index contributed by atoms with van der Waals surface area (Å²) in [6, 6.07) is 5.92. The number of hydrogen-bond donors (Lipinski definition) is 1. The van der Waals surface area contributed by atoms with E-state index >= 15 is 0 Å². The van der Waals surface area contributed by atoms with E-state index in [1.165, 1.54) is 16.8 Å². The molecule has 2 atom stereocenters. The van der Waals surface area contributed by atoms with Crippen molar-refractivity contribution in [2.24, 2.45) is 5.10 Å². The summed E-state index contributed by atoms with van der Waals surface area (Å²) in [7, 11) is 1.64. The third kappa shape index (κ3) is 5.04. The van der Waals surface area contributed by atoms with Crippen molar-refractivity contribution in [1.29, 1.82) is 0 Å². The fourth-order valence-electron chi connectivity index (χ4n) is 3.17. The van der Waals surface area contributed by atoms with Gasteiger partial charge in [-0.2, -0.15) is 18.3 Å². The number of nitrogens with one attached hydrogen (secondary N) is 1. The second-order valence-electron chi connectivity index (χ2n) is 7.59. The minimum Gasteiger partial charge on any atom is -0.335 e. The number of rotatable bonds is 4. The molecule has 0 radical (unpaired) electrons. The van der Waals surface area contributed by atoms with Gasteiger partial charge in [-0.3, -0.25) is 4.79 Å². The second-order valence-corrected chi connectivity index (χ2v) is 7.59. The predicted molar refractivity (Wildman–Crippen MR) is 111 cm³/mol. The highest BCUT2D eigenvalue weighted by Gasteiger charge is 2.36. The molecule has 2 aromatic rings. The molecular weight excluding hydrogens is 425 g/mol. The first kappa shape index (κ1) is 23.2. The van der Waals surface area contributed by atoms with Gasteiger partial charge >= 0.3 is 12.2 Å². The first-order chi connectivity index (χ1) is 15.0. The van der Waals surface area contributed by atoms with Crippen LogP contribution in [0.1, 0.15) is 42.4 Å². The minimum atomic E-state index is -4.64. The number of aryl methyl sites for hydroxylation is 1. The van der Waals surface area contributed by atoms with Crippen LogP contribution in [-0.2, 0) is 11.0 Å². The van der Waals surface area contributed by atoms with Crippen LogP contribution >= 0.6 is 0 Å². The number of benzene rings is 1. The number of aromatic nitrogens is 2. The fraction of sp³-hybridized carbons (Fsp3) is 0.381. The molecule has 1 aromatic carbocycles. The van der Waals surface area contributed by atoms with E-state index in [1.54, 1.807) is 14.0 Å². The molecule has 0 aliphatic carbocycles. The molecule has 1 aliphatic heterocycles. The van der Waals surface area contributed by atoms with Gasteiger partial charge in [-0.15, -0.1) is 0 Å². The molecule has 11 heteroatoms. The molecule has 0 saturated carbocycles. The van der Waals surface area contributed by atoms with Crippen LogP contribution in [0.25, 0.3) is 0 Å². The average molecular weight is 448 g/mol. The molecule has 8 nitrogen and oxygen atoms in total. The molecule has 32 heavy (non-hydrogen) atoms. The Bertz CT molecular complexity index is 1020. The molecule has 1 N–H and O–H groups in total. The topological polar surface area (TPSA) is 90.8 Å². The monoisotopic (exact) mass is 448 g/mol. The van der Waals surface area contributed by atoms with Crippen LogP contribution in [0.15, 0.2) is 41.8 Å². The fourth-order valence-corrected chi connectivity index (χ4v) is 3.17. The van der Waals surface area contributed by atoms with E-state index in [9.17, 15) is 22.8 Å². The normalized spacial score (nSPS) is 17.0. The van der Waals surface area contributed by atoms with E-state index in [1.807, 2.05) is 31.2 Å². The van der Waals surface area contributed by atoms with Crippen molar-refractivity contribution >= 4 is 17.6 Å². The Morgan fingerprint density at radius 2 is 1.78 bits per heavy atom. The van der Waals surface area contributed by atoms with Gasteiger partial charge in [0, 0.05) is 31.9 Å². The number of alkyl halides is 3. The maximum absolute atomic E-state index is 12.8. The zero-order valence-electron chi connectivity index (χ0n) is 18.0. The van der Waals surface area contributed by atoms with Gasteiger partial charge in [0.05, 0.1) is 24.3 Å². The number of amides is 3. The molecule has 1 unspecified atom stereocenters. The van der Waals surface area contributed by atoms with Gasteiger partial charge in [0.15, 0.2) is 0 Å². The maximum Gasteiger partial charge on any atom is 0.451 e. The molecule has 0 spiro atoms. The molecule has 0 fully saturated rings. The number of hydrazone groups is 1. The van der Waals surface area contributed by atoms with Gasteiger partial charge in [0.2, 0.25) is 11.7 Å². The SMILES string of the molecule is CC(=O)N(C)[C@H]1CN(C(=O)NC(C)c2cnc(C(F)(F)F)nc2)N=C1c1ccc(C)cc1. The zero-order valence-corrected chi connectivity index (χ0v) is 18.0. The Morgan fingerprint density at radius 3 is 2.31 bits per heavy atom. The van der Waals surface area contributed by atoms with Crippen LogP contribution in [0.4, 0.5) is 18.0 Å². The first-order valence-corrected chi connectivity index (χ1v) is 9.83. The summed E-state index contributed by atoms with van der Waals surface area (Å²) >= 11 is 0. The van der Waals surface area contributed by atoms with Gasteiger partial charge in [-0.05, 0) is 19.4 Å². The summed E-state index contributed by atoms with van der Waals surface area (Å²) < 4.78 is 37.9. The zero-order chi connectivity index (χ0) is 23.6. The van der Waals surface area contributed by atoms with E-state index in [-0.39, 0.29) is 12.5 Å². The molecular formula is C21H23F3N6O2. The lowest BCUT2D eigenvalue weighted by Crippen LogP contribution is -2.45. The average Bonchev–Trinajstić information content (AvgIpc) is 3.18. The quantitative estimate of drug-likeness (QED) is 0.778. The van der Waals surface area contributed by atoms with Crippen molar-refractivity contribution in [1.82, 2.24) is 25.2 Å². The molecule has 2 heterocycles. The highest BCUT2D eigenvalue weighted by atomic mass is 19.4. The lowest BCUT2D eigenvalue weighted by atomic mass is 10.0. The van der Waals surface area contributed by atoms with Gasteiger partial charge in [-0.25, -0.2) is 19.8 Å². The molecule has 0 saturated heterocycles. The lowest BCUT2D eigenvalue weighted by molar-refractivity contribution is -0.145. The summed E-state index contributed by atoms with van der Waals surface area (Å²) in [5, 5.41) is 8.32. The number of likely N-dealkylation sites (N-methyl/N-ethyl adjacent to an activating group) is 1. The number of urea groups is 1. The summed E-state index contributed by atoms with van der Waals surface area (Å²) in [4.78, 5) is 32.9. The molecule has 1 aromatic heterocycles. The molecule has 1 aliphatic rings. The van der Waals surface area contributed by atoms with Crippen molar-refractivity contribution in [3.8, 4) is 0 Å². The van der Waals surface area contributed by atoms with E-state index in [2.05, 4.69) is 20.4 Å². The van der Waals surface area contributed by atoms with Crippen LogP contribution in [0.3, 0.4) is 0 Å². The Morgan fingerprint density at radius 1 is 1.19 bits per heavy atom. The summed E-state index contributed by atoms with van der Waals surface area (Å²) in [5.74, 6) is -1.42. The maximum atomic E-state index is 12.8. The highest BCUT2D eigenvalue weighted by molar-refractivity contribution is 6.07. The number of hydrogen-bond acceptors (Lipinski definition) is 5. The number of carbonyl (C=O) groups excluding carboxylic acids is 2. The Labute approximate surface area is 183 Å². The molecule has 0 bridgehead atoms. The Kier molecular flexibility index (Phi) is 6.47. The number of nitrogens with zero attached hydrogens (tertiary/aromatic N) is 5. The predicted octanol–water partition coefficient (Wildman–Crippen LogP) is 3.14. The van der Waals surface area contributed by atoms with E-state index < -0.39 is 30.1 Å². The van der Waals surface area contributed by atoms with Crippen molar-refractivity contribution in [3.05, 3.63) is 59.2 Å². The number of carbonyl (C=O) groups is 2. The highest BCUT2D eigenvalue weighted by Crippen LogP contribution is 2.26. The van der Waals surface area contributed by atoms with Crippen molar-refractivity contribution in [2.45, 2.75) is 39.0 Å². The van der Waals surface area contributed by atoms with E-state index in [4.69, 9.17) is 0 Å². The third-order valence-corrected chi connectivity index (χ3v) is 5.20. The Hall–Kier alpha value is -3.50. The smallest absolute Gasteiger partial charge is 0.335 e. The Balaban J connectivity index is 1.78. The number of halogens is 3. The largest absolute Gasteiger partial charge is 0.451 e. The molecule has 3 amide bonds. The van der Waals surface area contributed by atoms with Gasteiger partial charge in [-0.1, -0.05) is 29.8 Å². The van der Waals surface area contributed by atoms with E-state index in [0.717, 1.165) is 23.5 Å². The van der Waals surface area contributed by atoms with Crippen molar-refractivity contribution in [2.75, 3.05) is 13.6 Å². The summed E-state index contributed by atoms with van der Waals surface area (Å²) in [5.41, 5.74) is 2.73. The second kappa shape index (κ2) is 8.93. The van der Waals surface area contributed by atoms with Crippen LogP contribution in [0, 0.1) is 6.92 Å². The summed E-state index contributed by atoms with van der Waals surface area (Å²) in [6.45, 7) is 5.12. The lowest BCUT2D eigenvalue weighted by Gasteiger charge is -2.25. The van der Waals surface area contributed by atoms with Crippen LogP contribution in [0.2, 0.25) is 0 Å².